The molecule has 7 heteroatoms. The molecule has 1 heterocycles. The Balaban J connectivity index is 0.000000191. The van der Waals surface area contributed by atoms with E-state index in [1.165, 1.54) is 0 Å². The first-order valence-corrected chi connectivity index (χ1v) is 6.14. The molecule has 0 aliphatic rings. The highest BCUT2D eigenvalue weighted by Crippen LogP contribution is 1.96. The number of aromatic amines is 2. The number of nitrogens with one attached hydrogen (secondary N) is 2. The summed E-state index contributed by atoms with van der Waals surface area (Å²) in [7, 11) is 0. The van der Waals surface area contributed by atoms with Crippen LogP contribution >= 0.6 is 24.4 Å². The largest absolute Gasteiger partial charge is 0.478 e. The number of aromatic carboxylic acids is 1. The van der Waals surface area contributed by atoms with Crippen LogP contribution in [-0.4, -0.2) is 25.8 Å². The molecule has 3 N–H and O–H groups in total. The Morgan fingerprint density at radius 3 is 2.16 bits per heavy atom. The third kappa shape index (κ3) is 4.65. The number of carbonyl (C=O) groups is 1. The highest BCUT2D eigenvalue weighted by molar-refractivity contribution is 7.72. The van der Waals surface area contributed by atoms with Gasteiger partial charge in [0.15, 0.2) is 9.54 Å². The second kappa shape index (κ2) is 7.45. The Morgan fingerprint density at radius 1 is 1.26 bits per heavy atom. The number of benzene rings is 1. The van der Waals surface area contributed by atoms with Gasteiger partial charge < -0.3 is 5.11 Å². The van der Waals surface area contributed by atoms with Gasteiger partial charge in [-0.2, -0.15) is 0 Å². The SMILES string of the molecule is C=CCn1c(=S)[nH][nH]c1=S.O=C(O)c1ccccc1. The van der Waals surface area contributed by atoms with Crippen molar-refractivity contribution < 1.29 is 9.90 Å². The molecular formula is C12H13N3O2S2. The average Bonchev–Trinajstić information content (AvgIpc) is 2.73. The van der Waals surface area contributed by atoms with Crippen LogP contribution in [0.4, 0.5) is 0 Å². The Labute approximate surface area is 120 Å². The predicted octanol–water partition coefficient (Wildman–Crippen LogP) is 3.17. The van der Waals surface area contributed by atoms with Crippen LogP contribution in [0.3, 0.4) is 0 Å². The van der Waals surface area contributed by atoms with Crippen LogP contribution in [-0.2, 0) is 6.54 Å². The Morgan fingerprint density at radius 2 is 1.79 bits per heavy atom. The Bertz CT molecular complexity index is 628. The molecule has 5 nitrogen and oxygen atoms in total. The molecule has 0 spiro atoms. The molecule has 0 bridgehead atoms. The Hall–Kier alpha value is -1.99. The summed E-state index contributed by atoms with van der Waals surface area (Å²) in [6.07, 6.45) is 1.74. The van der Waals surface area contributed by atoms with Gasteiger partial charge in [-0.1, -0.05) is 24.3 Å². The van der Waals surface area contributed by atoms with Crippen molar-refractivity contribution in [3.05, 3.63) is 58.1 Å². The number of hydrogen-bond acceptors (Lipinski definition) is 3. The molecule has 1 aromatic carbocycles. The van der Waals surface area contributed by atoms with Crippen LogP contribution in [0.15, 0.2) is 43.0 Å². The van der Waals surface area contributed by atoms with Crippen LogP contribution in [0.25, 0.3) is 0 Å². The van der Waals surface area contributed by atoms with Gasteiger partial charge in [-0.05, 0) is 36.6 Å². The fourth-order valence-corrected chi connectivity index (χ4v) is 1.70. The minimum atomic E-state index is -0.879. The van der Waals surface area contributed by atoms with Crippen LogP contribution in [0.2, 0.25) is 0 Å². The van der Waals surface area contributed by atoms with E-state index in [1.807, 2.05) is 0 Å². The topological polar surface area (TPSA) is 73.8 Å². The maximum atomic E-state index is 10.2. The molecule has 19 heavy (non-hydrogen) atoms. The lowest BCUT2D eigenvalue weighted by atomic mass is 10.2. The number of aromatic nitrogens is 3. The van der Waals surface area contributed by atoms with Crippen molar-refractivity contribution in [1.82, 2.24) is 14.8 Å². The van der Waals surface area contributed by atoms with Crippen molar-refractivity contribution in [3.8, 4) is 0 Å². The van der Waals surface area contributed by atoms with Gasteiger partial charge in [0.1, 0.15) is 0 Å². The summed E-state index contributed by atoms with van der Waals surface area (Å²) in [6, 6.07) is 8.30. The third-order valence-corrected chi connectivity index (χ3v) is 2.74. The van der Waals surface area contributed by atoms with E-state index in [-0.39, 0.29) is 0 Å². The number of rotatable bonds is 3. The summed E-state index contributed by atoms with van der Waals surface area (Å²) in [4.78, 5) is 10.2. The molecule has 0 aliphatic heterocycles. The lowest BCUT2D eigenvalue weighted by Gasteiger charge is -1.91. The standard InChI is InChI=1S/C7H6O2.C5H7N3S2/c8-7(9)6-4-2-1-3-5-6;1-2-3-8-4(9)6-7-5(8)10/h1-5H,(H,8,9);2H,1,3H2,(H,6,9)(H,7,10). The zero-order chi connectivity index (χ0) is 14.3. The van der Waals surface area contributed by atoms with Crippen LogP contribution in [0, 0.1) is 9.54 Å². The van der Waals surface area contributed by atoms with Crippen LogP contribution < -0.4 is 0 Å². The summed E-state index contributed by atoms with van der Waals surface area (Å²) in [5, 5.41) is 13.8. The molecule has 2 aromatic rings. The van der Waals surface area contributed by atoms with E-state index in [0.29, 0.717) is 21.7 Å². The van der Waals surface area contributed by atoms with Crippen molar-refractivity contribution >= 4 is 30.4 Å². The van der Waals surface area contributed by atoms with E-state index >= 15 is 0 Å². The van der Waals surface area contributed by atoms with Gasteiger partial charge in [-0.15, -0.1) is 6.58 Å². The molecule has 0 amide bonds. The highest BCUT2D eigenvalue weighted by Gasteiger charge is 1.96. The lowest BCUT2D eigenvalue weighted by molar-refractivity contribution is 0.0697. The second-order valence-electron chi connectivity index (χ2n) is 3.43. The molecule has 0 aliphatic carbocycles. The minimum Gasteiger partial charge on any atom is -0.478 e. The summed E-state index contributed by atoms with van der Waals surface area (Å²) >= 11 is 9.80. The van der Waals surface area contributed by atoms with E-state index in [2.05, 4.69) is 16.8 Å². The molecule has 0 radical (unpaired) electrons. The van der Waals surface area contributed by atoms with Gasteiger partial charge >= 0.3 is 5.97 Å². The van der Waals surface area contributed by atoms with E-state index < -0.39 is 5.97 Å². The molecule has 100 valence electrons. The fraction of sp³-hybridized carbons (Fsp3) is 0.0833. The molecule has 0 saturated carbocycles. The monoisotopic (exact) mass is 295 g/mol. The molecule has 0 atom stereocenters. The summed E-state index contributed by atoms with van der Waals surface area (Å²) in [5.74, 6) is -0.879. The van der Waals surface area contributed by atoms with E-state index in [1.54, 1.807) is 41.0 Å². The predicted molar refractivity (Wildman–Crippen MR) is 78.4 cm³/mol. The molecule has 0 saturated heterocycles. The van der Waals surface area contributed by atoms with Crippen molar-refractivity contribution in [2.75, 3.05) is 0 Å². The van der Waals surface area contributed by atoms with Gasteiger partial charge in [0.2, 0.25) is 0 Å². The Kier molecular flexibility index (Phi) is 5.91. The molecule has 1 aromatic heterocycles. The number of allylic oxidation sites excluding steroid dienone is 1. The smallest absolute Gasteiger partial charge is 0.335 e. The normalized spacial score (nSPS) is 9.26. The molecule has 0 unspecified atom stereocenters. The summed E-state index contributed by atoms with van der Waals surface area (Å²) < 4.78 is 2.95. The first-order chi connectivity index (χ1) is 9.06. The fourth-order valence-electron chi connectivity index (χ4n) is 1.21. The highest BCUT2D eigenvalue weighted by atomic mass is 32.1. The van der Waals surface area contributed by atoms with E-state index in [9.17, 15) is 4.79 Å². The van der Waals surface area contributed by atoms with Gasteiger partial charge in [0, 0.05) is 6.54 Å². The summed E-state index contributed by atoms with van der Waals surface area (Å²) in [5.41, 5.74) is 0.331. The van der Waals surface area contributed by atoms with Gasteiger partial charge in [-0.25, -0.2) is 4.79 Å². The van der Waals surface area contributed by atoms with E-state index in [0.717, 1.165) is 0 Å². The molecule has 2 rings (SSSR count). The number of H-pyrrole nitrogens is 2. The van der Waals surface area contributed by atoms with Crippen LogP contribution in [0.5, 0.6) is 0 Å². The van der Waals surface area contributed by atoms with Gasteiger partial charge in [0.25, 0.3) is 0 Å². The number of nitrogens with zero attached hydrogens (tertiary/aromatic N) is 1. The van der Waals surface area contributed by atoms with Crippen molar-refractivity contribution in [2.45, 2.75) is 6.54 Å². The van der Waals surface area contributed by atoms with Gasteiger partial charge in [0.05, 0.1) is 5.56 Å². The molecule has 0 fully saturated rings. The average molecular weight is 295 g/mol. The molecular weight excluding hydrogens is 282 g/mol. The zero-order valence-electron chi connectivity index (χ0n) is 10.00. The van der Waals surface area contributed by atoms with Crippen molar-refractivity contribution in [3.63, 3.8) is 0 Å². The first kappa shape index (κ1) is 15.1. The first-order valence-electron chi connectivity index (χ1n) is 5.33. The van der Waals surface area contributed by atoms with Crippen molar-refractivity contribution in [1.29, 1.82) is 0 Å². The van der Waals surface area contributed by atoms with E-state index in [4.69, 9.17) is 29.5 Å². The maximum Gasteiger partial charge on any atom is 0.335 e. The number of carboxylic acids is 1. The van der Waals surface area contributed by atoms with Gasteiger partial charge in [-0.3, -0.25) is 14.8 Å². The maximum absolute atomic E-state index is 10.2. The van der Waals surface area contributed by atoms with Crippen molar-refractivity contribution in [2.24, 2.45) is 0 Å². The quantitative estimate of drug-likeness (QED) is 0.600. The number of carboxylic acid groups (broad SMARTS) is 1. The third-order valence-electron chi connectivity index (χ3n) is 2.10. The van der Waals surface area contributed by atoms with Crippen LogP contribution in [0.1, 0.15) is 10.4 Å². The second-order valence-corrected chi connectivity index (χ2v) is 4.20. The minimum absolute atomic E-state index is 0.331. The number of hydrogen-bond donors (Lipinski definition) is 3. The zero-order valence-corrected chi connectivity index (χ0v) is 11.6. The lowest BCUT2D eigenvalue weighted by Crippen LogP contribution is -1.93. The summed E-state index contributed by atoms with van der Waals surface area (Å²) in [6.45, 7) is 4.23.